The van der Waals surface area contributed by atoms with Crippen LogP contribution >= 0.6 is 11.6 Å². The SMILES string of the molecule is COc1ccc(Nc2cc(Nc3ccccc3Cl)ncn2)cc1. The van der Waals surface area contributed by atoms with Crippen molar-refractivity contribution in [2.45, 2.75) is 0 Å². The predicted octanol–water partition coefficient (Wildman–Crippen LogP) is 4.63. The van der Waals surface area contributed by atoms with Crippen LogP contribution in [0.15, 0.2) is 60.9 Å². The highest BCUT2D eigenvalue weighted by Crippen LogP contribution is 2.25. The van der Waals surface area contributed by atoms with Gasteiger partial charge in [0.15, 0.2) is 0 Å². The maximum absolute atomic E-state index is 6.14. The van der Waals surface area contributed by atoms with Gasteiger partial charge >= 0.3 is 0 Å². The molecule has 3 rings (SSSR count). The van der Waals surface area contributed by atoms with E-state index in [1.165, 1.54) is 6.33 Å². The van der Waals surface area contributed by atoms with Gasteiger partial charge in [0.1, 0.15) is 23.7 Å². The lowest BCUT2D eigenvalue weighted by molar-refractivity contribution is 0.415. The Bertz CT molecular complexity index is 793. The van der Waals surface area contributed by atoms with E-state index in [4.69, 9.17) is 16.3 Å². The molecule has 5 nitrogen and oxygen atoms in total. The lowest BCUT2D eigenvalue weighted by Gasteiger charge is -2.10. The number of hydrogen-bond donors (Lipinski definition) is 2. The molecule has 0 saturated carbocycles. The van der Waals surface area contributed by atoms with Crippen LogP contribution in [0.25, 0.3) is 0 Å². The number of ether oxygens (including phenoxy) is 1. The molecule has 0 radical (unpaired) electrons. The van der Waals surface area contributed by atoms with E-state index in [2.05, 4.69) is 20.6 Å². The van der Waals surface area contributed by atoms with Crippen molar-refractivity contribution < 1.29 is 4.74 Å². The molecular formula is C17H15ClN4O. The van der Waals surface area contributed by atoms with Gasteiger partial charge in [0.2, 0.25) is 0 Å². The Labute approximate surface area is 139 Å². The van der Waals surface area contributed by atoms with Gasteiger partial charge in [-0.05, 0) is 36.4 Å². The van der Waals surface area contributed by atoms with Gasteiger partial charge in [-0.2, -0.15) is 0 Å². The summed E-state index contributed by atoms with van der Waals surface area (Å²) in [5, 5.41) is 7.02. The normalized spacial score (nSPS) is 10.2. The van der Waals surface area contributed by atoms with E-state index in [0.29, 0.717) is 16.7 Å². The summed E-state index contributed by atoms with van der Waals surface area (Å²) in [6.45, 7) is 0. The van der Waals surface area contributed by atoms with Crippen LogP contribution in [0.2, 0.25) is 5.02 Å². The summed E-state index contributed by atoms with van der Waals surface area (Å²) in [4.78, 5) is 8.42. The summed E-state index contributed by atoms with van der Waals surface area (Å²) in [5.74, 6) is 2.14. The first-order valence-electron chi connectivity index (χ1n) is 6.99. The van der Waals surface area contributed by atoms with E-state index in [1.54, 1.807) is 7.11 Å². The van der Waals surface area contributed by atoms with E-state index in [0.717, 1.165) is 17.1 Å². The van der Waals surface area contributed by atoms with Crippen LogP contribution in [0.1, 0.15) is 0 Å². The number of hydrogen-bond acceptors (Lipinski definition) is 5. The second-order valence-corrected chi connectivity index (χ2v) is 5.15. The minimum atomic E-state index is 0.635. The molecule has 1 aromatic heterocycles. The maximum atomic E-state index is 6.14. The zero-order valence-electron chi connectivity index (χ0n) is 12.5. The lowest BCUT2D eigenvalue weighted by Crippen LogP contribution is -1.98. The first-order chi connectivity index (χ1) is 11.2. The first-order valence-corrected chi connectivity index (χ1v) is 7.37. The first kappa shape index (κ1) is 15.1. The van der Waals surface area contributed by atoms with Gasteiger partial charge in [0.25, 0.3) is 0 Å². The molecule has 0 aliphatic rings. The molecule has 2 aromatic carbocycles. The number of halogens is 1. The molecular weight excluding hydrogens is 312 g/mol. The highest BCUT2D eigenvalue weighted by atomic mass is 35.5. The smallest absolute Gasteiger partial charge is 0.135 e. The molecule has 0 aliphatic heterocycles. The number of benzene rings is 2. The molecule has 0 spiro atoms. The highest BCUT2D eigenvalue weighted by Gasteiger charge is 2.03. The summed E-state index contributed by atoms with van der Waals surface area (Å²) in [6, 6.07) is 16.9. The Balaban J connectivity index is 1.75. The quantitative estimate of drug-likeness (QED) is 0.716. The van der Waals surface area contributed by atoms with Crippen LogP contribution in [0.3, 0.4) is 0 Å². The van der Waals surface area contributed by atoms with Crippen LogP contribution in [-0.2, 0) is 0 Å². The van der Waals surface area contributed by atoms with Crippen molar-refractivity contribution in [2.75, 3.05) is 17.7 Å². The Hall–Kier alpha value is -2.79. The van der Waals surface area contributed by atoms with Crippen molar-refractivity contribution >= 4 is 34.6 Å². The molecule has 0 aliphatic carbocycles. The highest BCUT2D eigenvalue weighted by molar-refractivity contribution is 6.33. The van der Waals surface area contributed by atoms with Crippen LogP contribution in [0, 0.1) is 0 Å². The average molecular weight is 327 g/mol. The fourth-order valence-corrected chi connectivity index (χ4v) is 2.20. The van der Waals surface area contributed by atoms with Gasteiger partial charge in [-0.15, -0.1) is 0 Å². The zero-order chi connectivity index (χ0) is 16.1. The average Bonchev–Trinajstić information content (AvgIpc) is 2.58. The van der Waals surface area contributed by atoms with Crippen molar-refractivity contribution in [1.29, 1.82) is 0 Å². The maximum Gasteiger partial charge on any atom is 0.135 e. The second kappa shape index (κ2) is 6.98. The van der Waals surface area contributed by atoms with Gasteiger partial charge in [-0.3, -0.25) is 0 Å². The van der Waals surface area contributed by atoms with Crippen LogP contribution in [-0.4, -0.2) is 17.1 Å². The molecule has 23 heavy (non-hydrogen) atoms. The second-order valence-electron chi connectivity index (χ2n) is 4.75. The van der Waals surface area contributed by atoms with Crippen molar-refractivity contribution in [1.82, 2.24) is 9.97 Å². The van der Waals surface area contributed by atoms with Gasteiger partial charge < -0.3 is 15.4 Å². The van der Waals surface area contributed by atoms with Crippen LogP contribution in [0.5, 0.6) is 5.75 Å². The predicted molar refractivity (Wildman–Crippen MR) is 93.0 cm³/mol. The van der Waals surface area contributed by atoms with E-state index >= 15 is 0 Å². The molecule has 0 saturated heterocycles. The molecule has 116 valence electrons. The molecule has 0 atom stereocenters. The summed E-state index contributed by atoms with van der Waals surface area (Å²) in [6.07, 6.45) is 1.49. The number of nitrogens with zero attached hydrogens (tertiary/aromatic N) is 2. The van der Waals surface area contributed by atoms with E-state index < -0.39 is 0 Å². The molecule has 1 heterocycles. The van der Waals surface area contributed by atoms with Gasteiger partial charge in [-0.1, -0.05) is 23.7 Å². The number of aromatic nitrogens is 2. The summed E-state index contributed by atoms with van der Waals surface area (Å²) in [5.41, 5.74) is 1.71. The summed E-state index contributed by atoms with van der Waals surface area (Å²) in [7, 11) is 1.64. The van der Waals surface area contributed by atoms with E-state index in [-0.39, 0.29) is 0 Å². The Morgan fingerprint density at radius 2 is 1.61 bits per heavy atom. The van der Waals surface area contributed by atoms with Crippen LogP contribution < -0.4 is 15.4 Å². The van der Waals surface area contributed by atoms with Gasteiger partial charge in [0.05, 0.1) is 17.8 Å². The Morgan fingerprint density at radius 1 is 0.913 bits per heavy atom. The number of rotatable bonds is 5. The van der Waals surface area contributed by atoms with Gasteiger partial charge in [-0.25, -0.2) is 9.97 Å². The Kier molecular flexibility index (Phi) is 4.59. The van der Waals surface area contributed by atoms with E-state index in [9.17, 15) is 0 Å². The molecule has 2 N–H and O–H groups in total. The lowest BCUT2D eigenvalue weighted by atomic mass is 10.3. The fourth-order valence-electron chi connectivity index (χ4n) is 2.02. The van der Waals surface area contributed by atoms with Crippen LogP contribution in [0.4, 0.5) is 23.0 Å². The summed E-state index contributed by atoms with van der Waals surface area (Å²) < 4.78 is 5.14. The van der Waals surface area contributed by atoms with Crippen molar-refractivity contribution in [3.63, 3.8) is 0 Å². The van der Waals surface area contributed by atoms with Crippen molar-refractivity contribution in [2.24, 2.45) is 0 Å². The van der Waals surface area contributed by atoms with Gasteiger partial charge in [0, 0.05) is 11.8 Å². The number of para-hydroxylation sites is 1. The monoisotopic (exact) mass is 326 g/mol. The van der Waals surface area contributed by atoms with E-state index in [1.807, 2.05) is 54.6 Å². The standard InChI is InChI=1S/C17H15ClN4O/c1-23-13-8-6-12(7-9-13)21-16-10-17(20-11-19-16)22-15-5-3-2-4-14(15)18/h2-11H,1H3,(H2,19,20,21,22). The third-order valence-electron chi connectivity index (χ3n) is 3.17. The topological polar surface area (TPSA) is 59.1 Å². The number of methoxy groups -OCH3 is 1. The molecule has 0 bridgehead atoms. The number of nitrogens with one attached hydrogen (secondary N) is 2. The minimum absolute atomic E-state index is 0.635. The summed E-state index contributed by atoms with van der Waals surface area (Å²) >= 11 is 6.14. The molecule has 6 heteroatoms. The Morgan fingerprint density at radius 3 is 2.30 bits per heavy atom. The largest absolute Gasteiger partial charge is 0.497 e. The molecule has 0 amide bonds. The minimum Gasteiger partial charge on any atom is -0.497 e. The zero-order valence-corrected chi connectivity index (χ0v) is 13.2. The fraction of sp³-hybridized carbons (Fsp3) is 0.0588. The third kappa shape index (κ3) is 3.90. The number of anilines is 4. The molecule has 0 fully saturated rings. The van der Waals surface area contributed by atoms with Crippen molar-refractivity contribution in [3.05, 3.63) is 65.9 Å². The molecule has 3 aromatic rings. The van der Waals surface area contributed by atoms with Crippen molar-refractivity contribution in [3.8, 4) is 5.75 Å². The third-order valence-corrected chi connectivity index (χ3v) is 3.50. The molecule has 0 unspecified atom stereocenters.